The molecule has 0 saturated carbocycles. The van der Waals surface area contributed by atoms with E-state index in [4.69, 9.17) is 17.1 Å². The van der Waals surface area contributed by atoms with Crippen LogP contribution < -0.4 is 0 Å². The molecule has 1 heterocycles. The molecule has 1 aromatic carbocycles. The van der Waals surface area contributed by atoms with E-state index in [9.17, 15) is 4.79 Å². The molecule has 1 aromatic heterocycles. The SMILES string of the molecule is [N-]=[N+]=CC(=O)c1cccc2nc(Cl)ccc12. The third-order valence-corrected chi connectivity index (χ3v) is 2.35. The van der Waals surface area contributed by atoms with Gasteiger partial charge in [-0.1, -0.05) is 23.7 Å². The Labute approximate surface area is 96.1 Å². The van der Waals surface area contributed by atoms with Gasteiger partial charge in [0.25, 0.3) is 5.78 Å². The normalized spacial score (nSPS) is 9.81. The molecule has 0 bridgehead atoms. The lowest BCUT2D eigenvalue weighted by atomic mass is 10.1. The van der Waals surface area contributed by atoms with Gasteiger partial charge in [-0.25, -0.2) is 4.98 Å². The quantitative estimate of drug-likeness (QED) is 0.262. The molecule has 0 aliphatic carbocycles. The lowest BCUT2D eigenvalue weighted by Gasteiger charge is -2.00. The van der Waals surface area contributed by atoms with Gasteiger partial charge in [0.15, 0.2) is 0 Å². The van der Waals surface area contributed by atoms with Gasteiger partial charge < -0.3 is 5.53 Å². The van der Waals surface area contributed by atoms with Crippen LogP contribution in [0.2, 0.25) is 5.15 Å². The molecule has 16 heavy (non-hydrogen) atoms. The van der Waals surface area contributed by atoms with E-state index in [1.54, 1.807) is 30.3 Å². The minimum atomic E-state index is -0.378. The summed E-state index contributed by atoms with van der Waals surface area (Å²) in [6.45, 7) is 0. The minimum Gasteiger partial charge on any atom is -0.361 e. The molecule has 0 radical (unpaired) electrons. The molecule has 0 atom stereocenters. The number of benzene rings is 1. The zero-order valence-corrected chi connectivity index (χ0v) is 8.85. The lowest BCUT2D eigenvalue weighted by Crippen LogP contribution is -2.02. The number of carbonyl (C=O) groups excluding carboxylic acids is 1. The molecule has 0 aliphatic rings. The van der Waals surface area contributed by atoms with E-state index in [0.717, 1.165) is 6.21 Å². The third kappa shape index (κ3) is 1.84. The first-order chi connectivity index (χ1) is 7.72. The number of aromatic nitrogens is 1. The Morgan fingerprint density at radius 1 is 1.38 bits per heavy atom. The molecule has 0 spiro atoms. The summed E-state index contributed by atoms with van der Waals surface area (Å²) in [6.07, 6.45) is 0.851. The maximum Gasteiger partial charge on any atom is 0.328 e. The predicted molar refractivity (Wildman–Crippen MR) is 60.8 cm³/mol. The fourth-order valence-corrected chi connectivity index (χ4v) is 1.62. The van der Waals surface area contributed by atoms with Crippen LogP contribution in [0.3, 0.4) is 0 Å². The average Bonchev–Trinajstić information content (AvgIpc) is 2.28. The largest absolute Gasteiger partial charge is 0.361 e. The Bertz CT molecular complexity index is 618. The molecule has 78 valence electrons. The summed E-state index contributed by atoms with van der Waals surface area (Å²) in [5, 5.41) is 1.05. The van der Waals surface area contributed by atoms with E-state index < -0.39 is 0 Å². The summed E-state index contributed by atoms with van der Waals surface area (Å²) in [4.78, 5) is 18.4. The van der Waals surface area contributed by atoms with Crippen LogP contribution in [-0.4, -0.2) is 21.8 Å². The van der Waals surface area contributed by atoms with Crippen molar-refractivity contribution >= 4 is 34.5 Å². The van der Waals surface area contributed by atoms with E-state index in [0.29, 0.717) is 21.6 Å². The summed E-state index contributed by atoms with van der Waals surface area (Å²) < 4.78 is 0. The van der Waals surface area contributed by atoms with Gasteiger partial charge >= 0.3 is 6.21 Å². The van der Waals surface area contributed by atoms with Crippen molar-refractivity contribution in [2.75, 3.05) is 0 Å². The van der Waals surface area contributed by atoms with Crippen LogP contribution in [0.1, 0.15) is 10.4 Å². The number of ketones is 1. The molecule has 0 amide bonds. The Kier molecular flexibility index (Phi) is 2.77. The van der Waals surface area contributed by atoms with E-state index in [1.165, 1.54) is 0 Å². The highest BCUT2D eigenvalue weighted by Crippen LogP contribution is 2.19. The summed E-state index contributed by atoms with van der Waals surface area (Å²) in [5.74, 6) is -0.378. The molecule has 2 rings (SSSR count). The van der Waals surface area contributed by atoms with Gasteiger partial charge in [0.2, 0.25) is 0 Å². The van der Waals surface area contributed by atoms with Crippen LogP contribution in [0, 0.1) is 0 Å². The number of Topliss-reactive ketones (excluding diaryl/α,β-unsaturated/α-hetero) is 1. The van der Waals surface area contributed by atoms with Crippen molar-refractivity contribution in [3.8, 4) is 0 Å². The van der Waals surface area contributed by atoms with Crippen molar-refractivity contribution in [3.05, 3.63) is 46.6 Å². The van der Waals surface area contributed by atoms with E-state index in [1.807, 2.05) is 0 Å². The number of fused-ring (bicyclic) bond motifs is 1. The molecule has 0 unspecified atom stereocenters. The summed E-state index contributed by atoms with van der Waals surface area (Å²) in [6, 6.07) is 8.42. The average molecular weight is 232 g/mol. The van der Waals surface area contributed by atoms with E-state index in [-0.39, 0.29) is 5.78 Å². The molecular weight excluding hydrogens is 226 g/mol. The Morgan fingerprint density at radius 3 is 2.94 bits per heavy atom. The smallest absolute Gasteiger partial charge is 0.328 e. The molecule has 0 aliphatic heterocycles. The second-order valence-electron chi connectivity index (χ2n) is 3.12. The summed E-state index contributed by atoms with van der Waals surface area (Å²) in [7, 11) is 0. The van der Waals surface area contributed by atoms with Gasteiger partial charge in [-0.3, -0.25) is 4.79 Å². The van der Waals surface area contributed by atoms with Crippen molar-refractivity contribution < 1.29 is 9.58 Å². The number of halogens is 1. The van der Waals surface area contributed by atoms with Gasteiger partial charge in [0, 0.05) is 10.9 Å². The maximum absolute atomic E-state index is 11.6. The van der Waals surface area contributed by atoms with Gasteiger partial charge in [0.05, 0.1) is 5.52 Å². The van der Waals surface area contributed by atoms with Gasteiger partial charge in [-0.05, 0) is 18.2 Å². The van der Waals surface area contributed by atoms with Crippen LogP contribution in [0.4, 0.5) is 0 Å². The van der Waals surface area contributed by atoms with Crippen LogP contribution >= 0.6 is 11.6 Å². The Morgan fingerprint density at radius 2 is 2.19 bits per heavy atom. The highest BCUT2D eigenvalue weighted by molar-refractivity contribution is 6.36. The Hall–Kier alpha value is -2.03. The summed E-state index contributed by atoms with van der Waals surface area (Å²) in [5.41, 5.74) is 9.39. The first-order valence-corrected chi connectivity index (χ1v) is 4.87. The van der Waals surface area contributed by atoms with Gasteiger partial charge in [0.1, 0.15) is 5.15 Å². The van der Waals surface area contributed by atoms with Crippen molar-refractivity contribution in [3.63, 3.8) is 0 Å². The lowest BCUT2D eigenvalue weighted by molar-refractivity contribution is 0.00236. The zero-order chi connectivity index (χ0) is 11.5. The molecule has 5 heteroatoms. The van der Waals surface area contributed by atoms with Crippen LogP contribution in [-0.2, 0) is 0 Å². The van der Waals surface area contributed by atoms with Crippen molar-refractivity contribution in [2.45, 2.75) is 0 Å². The monoisotopic (exact) mass is 231 g/mol. The van der Waals surface area contributed by atoms with Crippen LogP contribution in [0.5, 0.6) is 0 Å². The van der Waals surface area contributed by atoms with Crippen molar-refractivity contribution in [1.29, 1.82) is 0 Å². The first kappa shape index (κ1) is 10.5. The van der Waals surface area contributed by atoms with Crippen LogP contribution in [0.15, 0.2) is 30.3 Å². The number of rotatable bonds is 2. The van der Waals surface area contributed by atoms with Gasteiger partial charge in [-0.15, -0.1) is 0 Å². The third-order valence-electron chi connectivity index (χ3n) is 2.14. The predicted octanol–water partition coefficient (Wildman–Crippen LogP) is 2.37. The number of hydrogen-bond acceptors (Lipinski definition) is 2. The molecule has 2 aromatic rings. The van der Waals surface area contributed by atoms with E-state index in [2.05, 4.69) is 9.77 Å². The number of nitrogens with zero attached hydrogens (tertiary/aromatic N) is 3. The van der Waals surface area contributed by atoms with Gasteiger partial charge in [-0.2, -0.15) is 4.79 Å². The van der Waals surface area contributed by atoms with E-state index >= 15 is 0 Å². The fourth-order valence-electron chi connectivity index (χ4n) is 1.47. The molecule has 0 saturated heterocycles. The second kappa shape index (κ2) is 4.23. The molecule has 0 fully saturated rings. The summed E-state index contributed by atoms with van der Waals surface area (Å²) >= 11 is 5.75. The minimum absolute atomic E-state index is 0.368. The number of pyridine rings is 1. The topological polar surface area (TPSA) is 66.4 Å². The number of carbonyl (C=O) groups is 1. The molecular formula is C11H6ClN3O. The molecule has 4 nitrogen and oxygen atoms in total. The molecule has 0 N–H and O–H groups in total. The maximum atomic E-state index is 11.6. The standard InChI is InChI=1S/C11H6ClN3O/c12-11-5-4-7-8(10(16)6-14-13)2-1-3-9(7)15-11/h1-6H. The van der Waals surface area contributed by atoms with Crippen LogP contribution in [0.25, 0.3) is 16.4 Å². The zero-order valence-electron chi connectivity index (χ0n) is 8.09. The highest BCUT2D eigenvalue weighted by Gasteiger charge is 2.11. The highest BCUT2D eigenvalue weighted by atomic mass is 35.5. The van der Waals surface area contributed by atoms with Crippen molar-refractivity contribution in [2.24, 2.45) is 0 Å². The van der Waals surface area contributed by atoms with Crippen molar-refractivity contribution in [1.82, 2.24) is 4.98 Å². The Balaban J connectivity index is 2.71. The second-order valence-corrected chi connectivity index (χ2v) is 3.50. The fraction of sp³-hybridized carbons (Fsp3) is 0. The first-order valence-electron chi connectivity index (χ1n) is 4.49. The number of hydrogen-bond donors (Lipinski definition) is 0.